The molecule has 3 rings (SSSR count). The zero-order valence-corrected chi connectivity index (χ0v) is 13.3. The highest BCUT2D eigenvalue weighted by atomic mass is 16.2. The standard InChI is InChI=1S/C16H24N4O2/c1-17-15(21)13-10-20(9-12-8-19(2)18-14(12)13)16(22)11-6-4-3-5-7-11/h8,11,13H,3-7,9-10H2,1-2H3,(H,17,21). The maximum Gasteiger partial charge on any atom is 0.230 e. The highest BCUT2D eigenvalue weighted by molar-refractivity contribution is 5.86. The molecule has 0 spiro atoms. The summed E-state index contributed by atoms with van der Waals surface area (Å²) in [7, 11) is 3.49. The van der Waals surface area contributed by atoms with Crippen molar-refractivity contribution in [1.82, 2.24) is 20.0 Å². The molecule has 1 N–H and O–H groups in total. The molecule has 0 bridgehead atoms. The molecule has 1 saturated carbocycles. The smallest absolute Gasteiger partial charge is 0.230 e. The van der Waals surface area contributed by atoms with Gasteiger partial charge in [-0.1, -0.05) is 19.3 Å². The summed E-state index contributed by atoms with van der Waals surface area (Å²) >= 11 is 0. The number of rotatable bonds is 2. The zero-order valence-electron chi connectivity index (χ0n) is 13.3. The average Bonchev–Trinajstić information content (AvgIpc) is 2.93. The molecule has 1 aromatic heterocycles. The van der Waals surface area contributed by atoms with Gasteiger partial charge in [0.05, 0.1) is 11.6 Å². The predicted octanol–water partition coefficient (Wildman–Crippen LogP) is 1.17. The third-order valence-corrected chi connectivity index (χ3v) is 4.86. The van der Waals surface area contributed by atoms with Gasteiger partial charge >= 0.3 is 0 Å². The van der Waals surface area contributed by atoms with Crippen molar-refractivity contribution < 1.29 is 9.59 Å². The van der Waals surface area contributed by atoms with E-state index in [1.54, 1.807) is 11.7 Å². The van der Waals surface area contributed by atoms with Crippen LogP contribution in [0.4, 0.5) is 0 Å². The van der Waals surface area contributed by atoms with E-state index in [-0.39, 0.29) is 23.7 Å². The van der Waals surface area contributed by atoms with Crippen molar-refractivity contribution in [2.45, 2.75) is 44.6 Å². The van der Waals surface area contributed by atoms with E-state index in [0.29, 0.717) is 13.1 Å². The molecular formula is C16H24N4O2. The van der Waals surface area contributed by atoms with Gasteiger partial charge < -0.3 is 10.2 Å². The number of aryl methyl sites for hydroxylation is 1. The first-order valence-corrected chi connectivity index (χ1v) is 8.13. The van der Waals surface area contributed by atoms with E-state index in [9.17, 15) is 9.59 Å². The predicted molar refractivity (Wildman–Crippen MR) is 82.0 cm³/mol. The lowest BCUT2D eigenvalue weighted by molar-refractivity contribution is -0.138. The number of nitrogens with zero attached hydrogens (tertiary/aromatic N) is 3. The molecule has 1 unspecified atom stereocenters. The molecule has 6 nitrogen and oxygen atoms in total. The Bertz CT molecular complexity index is 575. The number of hydrogen-bond acceptors (Lipinski definition) is 3. The van der Waals surface area contributed by atoms with Crippen LogP contribution in [0.15, 0.2) is 6.20 Å². The van der Waals surface area contributed by atoms with E-state index in [1.807, 2.05) is 18.1 Å². The molecule has 2 heterocycles. The van der Waals surface area contributed by atoms with Crippen molar-refractivity contribution in [3.8, 4) is 0 Å². The minimum Gasteiger partial charge on any atom is -0.359 e. The molecule has 1 aromatic rings. The fourth-order valence-electron chi connectivity index (χ4n) is 3.70. The van der Waals surface area contributed by atoms with Gasteiger partial charge in [-0.15, -0.1) is 0 Å². The van der Waals surface area contributed by atoms with E-state index in [4.69, 9.17) is 0 Å². The Kier molecular flexibility index (Phi) is 4.18. The Morgan fingerprint density at radius 2 is 2.00 bits per heavy atom. The average molecular weight is 304 g/mol. The fraction of sp³-hybridized carbons (Fsp3) is 0.688. The van der Waals surface area contributed by atoms with Crippen molar-refractivity contribution in [3.05, 3.63) is 17.5 Å². The van der Waals surface area contributed by atoms with Gasteiger partial charge in [0.15, 0.2) is 0 Å². The molecule has 2 amide bonds. The van der Waals surface area contributed by atoms with Crippen molar-refractivity contribution in [3.63, 3.8) is 0 Å². The van der Waals surface area contributed by atoms with E-state index in [1.165, 1.54) is 6.42 Å². The Labute approximate surface area is 130 Å². The minimum atomic E-state index is -0.359. The van der Waals surface area contributed by atoms with Crippen LogP contribution in [-0.4, -0.2) is 40.1 Å². The normalized spacial score (nSPS) is 22.3. The maximum atomic E-state index is 12.8. The van der Waals surface area contributed by atoms with Crippen molar-refractivity contribution in [2.75, 3.05) is 13.6 Å². The molecule has 2 aliphatic rings. The molecule has 1 aliphatic carbocycles. The second-order valence-electron chi connectivity index (χ2n) is 6.43. The molecule has 22 heavy (non-hydrogen) atoms. The first-order chi connectivity index (χ1) is 10.6. The highest BCUT2D eigenvalue weighted by Gasteiger charge is 2.36. The first kappa shape index (κ1) is 15.1. The van der Waals surface area contributed by atoms with Gasteiger partial charge in [0.2, 0.25) is 11.8 Å². The number of carbonyl (C=O) groups excluding carboxylic acids is 2. The highest BCUT2D eigenvalue weighted by Crippen LogP contribution is 2.31. The first-order valence-electron chi connectivity index (χ1n) is 8.13. The van der Waals surface area contributed by atoms with Crippen LogP contribution >= 0.6 is 0 Å². The van der Waals surface area contributed by atoms with Gasteiger partial charge in [0, 0.05) is 44.9 Å². The number of aromatic nitrogens is 2. The minimum absolute atomic E-state index is 0.0684. The number of amides is 2. The molecule has 120 valence electrons. The largest absolute Gasteiger partial charge is 0.359 e. The fourth-order valence-corrected chi connectivity index (χ4v) is 3.70. The molecule has 0 saturated heterocycles. The van der Waals surface area contributed by atoms with E-state index in [0.717, 1.165) is 36.9 Å². The summed E-state index contributed by atoms with van der Waals surface area (Å²) in [6.45, 7) is 1.02. The quantitative estimate of drug-likeness (QED) is 0.892. The van der Waals surface area contributed by atoms with E-state index in [2.05, 4.69) is 10.4 Å². The number of hydrogen-bond donors (Lipinski definition) is 1. The van der Waals surface area contributed by atoms with Crippen LogP contribution in [0.3, 0.4) is 0 Å². The third kappa shape index (κ3) is 2.74. The molecular weight excluding hydrogens is 280 g/mol. The molecule has 0 aromatic carbocycles. The summed E-state index contributed by atoms with van der Waals surface area (Å²) < 4.78 is 1.73. The summed E-state index contributed by atoms with van der Waals surface area (Å²) in [5, 5.41) is 7.12. The summed E-state index contributed by atoms with van der Waals surface area (Å²) in [5.74, 6) is -0.0796. The third-order valence-electron chi connectivity index (χ3n) is 4.86. The van der Waals surface area contributed by atoms with Crippen LogP contribution in [0.1, 0.15) is 49.3 Å². The topological polar surface area (TPSA) is 67.2 Å². The van der Waals surface area contributed by atoms with Crippen LogP contribution in [0.2, 0.25) is 0 Å². The maximum absolute atomic E-state index is 12.8. The molecule has 0 radical (unpaired) electrons. The number of carbonyl (C=O) groups is 2. The Morgan fingerprint density at radius 3 is 2.68 bits per heavy atom. The zero-order chi connectivity index (χ0) is 15.7. The number of fused-ring (bicyclic) bond motifs is 1. The van der Waals surface area contributed by atoms with Crippen LogP contribution in [0.25, 0.3) is 0 Å². The SMILES string of the molecule is CNC(=O)C1CN(C(=O)C2CCCCC2)Cc2cn(C)nc21. The van der Waals surface area contributed by atoms with Gasteiger partial charge in [-0.3, -0.25) is 14.3 Å². The lowest BCUT2D eigenvalue weighted by Gasteiger charge is -2.34. The second kappa shape index (κ2) is 6.10. The van der Waals surface area contributed by atoms with Crippen LogP contribution in [-0.2, 0) is 23.2 Å². The molecule has 1 atom stereocenters. The molecule has 1 fully saturated rings. The second-order valence-corrected chi connectivity index (χ2v) is 6.43. The van der Waals surface area contributed by atoms with Crippen molar-refractivity contribution in [2.24, 2.45) is 13.0 Å². The van der Waals surface area contributed by atoms with Gasteiger partial charge in [-0.05, 0) is 12.8 Å². The monoisotopic (exact) mass is 304 g/mol. The summed E-state index contributed by atoms with van der Waals surface area (Å²) in [5.41, 5.74) is 1.81. The van der Waals surface area contributed by atoms with Gasteiger partial charge in [0.1, 0.15) is 0 Å². The summed E-state index contributed by atoms with van der Waals surface area (Å²) in [6.07, 6.45) is 7.41. The van der Waals surface area contributed by atoms with Crippen LogP contribution in [0, 0.1) is 5.92 Å². The van der Waals surface area contributed by atoms with Crippen LogP contribution in [0.5, 0.6) is 0 Å². The molecule has 6 heteroatoms. The van der Waals surface area contributed by atoms with E-state index >= 15 is 0 Å². The lowest BCUT2D eigenvalue weighted by atomic mass is 9.87. The van der Waals surface area contributed by atoms with E-state index < -0.39 is 0 Å². The van der Waals surface area contributed by atoms with Gasteiger partial charge in [-0.2, -0.15) is 5.10 Å². The Balaban J connectivity index is 1.82. The van der Waals surface area contributed by atoms with Crippen molar-refractivity contribution >= 4 is 11.8 Å². The van der Waals surface area contributed by atoms with Crippen LogP contribution < -0.4 is 5.32 Å². The van der Waals surface area contributed by atoms with Gasteiger partial charge in [0.25, 0.3) is 0 Å². The summed E-state index contributed by atoms with van der Waals surface area (Å²) in [6, 6.07) is 0. The lowest BCUT2D eigenvalue weighted by Crippen LogP contribution is -2.45. The summed E-state index contributed by atoms with van der Waals surface area (Å²) in [4.78, 5) is 26.8. The van der Waals surface area contributed by atoms with Gasteiger partial charge in [-0.25, -0.2) is 0 Å². The number of nitrogens with one attached hydrogen (secondary N) is 1. The Morgan fingerprint density at radius 1 is 1.27 bits per heavy atom. The molecule has 1 aliphatic heterocycles. The number of likely N-dealkylation sites (N-methyl/N-ethyl adjacent to an activating group) is 1. The van der Waals surface area contributed by atoms with Crippen molar-refractivity contribution in [1.29, 1.82) is 0 Å². The Hall–Kier alpha value is -1.85.